The van der Waals surface area contributed by atoms with Crippen molar-refractivity contribution in [3.05, 3.63) is 0 Å². The van der Waals surface area contributed by atoms with Gasteiger partial charge in [-0.25, -0.2) is 0 Å². The third kappa shape index (κ3) is 3.87. The Kier molecular flexibility index (Phi) is 4.55. The van der Waals surface area contributed by atoms with Gasteiger partial charge in [-0.3, -0.25) is 14.9 Å². The molecule has 0 radical (unpaired) electrons. The first kappa shape index (κ1) is 12.0. The SMILES string of the molecule is CCOC(=O)CNC(C(=O)OC)C1CC1. The van der Waals surface area contributed by atoms with Crippen molar-refractivity contribution < 1.29 is 19.1 Å². The molecule has 0 bridgehead atoms. The van der Waals surface area contributed by atoms with Crippen LogP contribution in [0.3, 0.4) is 0 Å². The summed E-state index contributed by atoms with van der Waals surface area (Å²) in [6.07, 6.45) is 2.02. The highest BCUT2D eigenvalue weighted by atomic mass is 16.5. The minimum Gasteiger partial charge on any atom is -0.468 e. The fourth-order valence-electron chi connectivity index (χ4n) is 1.40. The molecule has 1 fully saturated rings. The van der Waals surface area contributed by atoms with E-state index in [-0.39, 0.29) is 24.5 Å². The molecule has 0 spiro atoms. The zero-order chi connectivity index (χ0) is 11.3. The van der Waals surface area contributed by atoms with Gasteiger partial charge in [0.15, 0.2) is 0 Å². The van der Waals surface area contributed by atoms with Crippen molar-refractivity contribution in [1.29, 1.82) is 0 Å². The summed E-state index contributed by atoms with van der Waals surface area (Å²) in [4.78, 5) is 22.4. The Hall–Kier alpha value is -1.10. The molecule has 0 amide bonds. The summed E-state index contributed by atoms with van der Waals surface area (Å²) in [5, 5.41) is 2.87. The molecule has 15 heavy (non-hydrogen) atoms. The summed E-state index contributed by atoms with van der Waals surface area (Å²) < 4.78 is 9.40. The molecular formula is C10H17NO4. The summed E-state index contributed by atoms with van der Waals surface area (Å²) in [6, 6.07) is -0.362. The minimum absolute atomic E-state index is 0.0596. The van der Waals surface area contributed by atoms with Crippen LogP contribution in [0.15, 0.2) is 0 Å². The maximum absolute atomic E-state index is 11.3. The Balaban J connectivity index is 2.31. The predicted molar refractivity (Wildman–Crippen MR) is 53.2 cm³/mol. The van der Waals surface area contributed by atoms with Crippen molar-refractivity contribution in [1.82, 2.24) is 5.32 Å². The minimum atomic E-state index is -0.362. The van der Waals surface area contributed by atoms with E-state index in [2.05, 4.69) is 10.1 Å². The van der Waals surface area contributed by atoms with Crippen molar-refractivity contribution >= 4 is 11.9 Å². The highest BCUT2D eigenvalue weighted by Crippen LogP contribution is 2.33. The van der Waals surface area contributed by atoms with Gasteiger partial charge in [0.05, 0.1) is 20.3 Å². The molecule has 86 valence electrons. The van der Waals surface area contributed by atoms with E-state index in [1.807, 2.05) is 0 Å². The van der Waals surface area contributed by atoms with E-state index in [1.165, 1.54) is 7.11 Å². The molecular weight excluding hydrogens is 198 g/mol. The zero-order valence-corrected chi connectivity index (χ0v) is 9.12. The lowest BCUT2D eigenvalue weighted by atomic mass is 10.2. The summed E-state index contributed by atoms with van der Waals surface area (Å²) in [6.45, 7) is 2.16. The smallest absolute Gasteiger partial charge is 0.323 e. The van der Waals surface area contributed by atoms with E-state index in [0.717, 1.165) is 12.8 Å². The number of nitrogens with one attached hydrogen (secondary N) is 1. The molecule has 0 aliphatic heterocycles. The quantitative estimate of drug-likeness (QED) is 0.636. The van der Waals surface area contributed by atoms with Gasteiger partial charge >= 0.3 is 11.9 Å². The molecule has 1 rings (SSSR count). The van der Waals surface area contributed by atoms with Crippen LogP contribution >= 0.6 is 0 Å². The van der Waals surface area contributed by atoms with E-state index in [1.54, 1.807) is 6.92 Å². The first-order valence-electron chi connectivity index (χ1n) is 5.15. The van der Waals surface area contributed by atoms with E-state index in [4.69, 9.17) is 4.74 Å². The van der Waals surface area contributed by atoms with Crippen molar-refractivity contribution in [2.24, 2.45) is 5.92 Å². The lowest BCUT2D eigenvalue weighted by molar-refractivity contribution is -0.145. The average Bonchev–Trinajstić information content (AvgIpc) is 3.02. The summed E-state index contributed by atoms with van der Waals surface area (Å²) in [5.74, 6) is -0.333. The largest absolute Gasteiger partial charge is 0.468 e. The highest BCUT2D eigenvalue weighted by molar-refractivity contribution is 5.78. The van der Waals surface area contributed by atoms with Gasteiger partial charge in [0.25, 0.3) is 0 Å². The number of hydrogen-bond acceptors (Lipinski definition) is 5. The van der Waals surface area contributed by atoms with Crippen LogP contribution < -0.4 is 5.32 Å². The van der Waals surface area contributed by atoms with Crippen LogP contribution in [0.1, 0.15) is 19.8 Å². The highest BCUT2D eigenvalue weighted by Gasteiger charge is 2.36. The Morgan fingerprint density at radius 3 is 2.60 bits per heavy atom. The van der Waals surface area contributed by atoms with Gasteiger partial charge in [-0.15, -0.1) is 0 Å². The lowest BCUT2D eigenvalue weighted by Gasteiger charge is -2.14. The first-order chi connectivity index (χ1) is 7.19. The third-order valence-electron chi connectivity index (χ3n) is 2.32. The van der Waals surface area contributed by atoms with Crippen LogP contribution in [-0.2, 0) is 19.1 Å². The number of ether oxygens (including phenoxy) is 2. The predicted octanol–water partition coefficient (Wildman–Crippen LogP) is 0.0907. The maximum atomic E-state index is 11.3. The summed E-state index contributed by atoms with van der Waals surface area (Å²) >= 11 is 0. The fourth-order valence-corrected chi connectivity index (χ4v) is 1.40. The molecule has 1 saturated carbocycles. The summed E-state index contributed by atoms with van der Waals surface area (Å²) in [5.41, 5.74) is 0. The van der Waals surface area contributed by atoms with Gasteiger partial charge in [0.1, 0.15) is 6.04 Å². The fraction of sp³-hybridized carbons (Fsp3) is 0.800. The van der Waals surface area contributed by atoms with E-state index in [0.29, 0.717) is 12.5 Å². The van der Waals surface area contributed by atoms with Gasteiger partial charge in [-0.05, 0) is 25.7 Å². The van der Waals surface area contributed by atoms with Crippen LogP contribution in [0.2, 0.25) is 0 Å². The topological polar surface area (TPSA) is 64.6 Å². The molecule has 5 heteroatoms. The van der Waals surface area contributed by atoms with Crippen molar-refractivity contribution in [3.8, 4) is 0 Å². The molecule has 0 heterocycles. The number of hydrogen-bond donors (Lipinski definition) is 1. The zero-order valence-electron chi connectivity index (χ0n) is 9.12. The Morgan fingerprint density at radius 2 is 2.13 bits per heavy atom. The molecule has 5 nitrogen and oxygen atoms in total. The Morgan fingerprint density at radius 1 is 1.47 bits per heavy atom. The number of carbonyl (C=O) groups excluding carboxylic acids is 2. The van der Waals surface area contributed by atoms with Crippen LogP contribution in [-0.4, -0.2) is 38.2 Å². The maximum Gasteiger partial charge on any atom is 0.323 e. The van der Waals surface area contributed by atoms with Crippen molar-refractivity contribution in [3.63, 3.8) is 0 Å². The second-order valence-corrected chi connectivity index (χ2v) is 3.52. The molecule has 1 atom stereocenters. The molecule has 0 saturated heterocycles. The molecule has 0 aromatic heterocycles. The van der Waals surface area contributed by atoms with Crippen LogP contribution in [0.5, 0.6) is 0 Å². The Labute approximate surface area is 89.1 Å². The summed E-state index contributed by atoms with van der Waals surface area (Å²) in [7, 11) is 1.35. The van der Waals surface area contributed by atoms with Gasteiger partial charge in [0.2, 0.25) is 0 Å². The number of rotatable bonds is 6. The van der Waals surface area contributed by atoms with E-state index < -0.39 is 0 Å². The van der Waals surface area contributed by atoms with Gasteiger partial charge in [-0.2, -0.15) is 0 Å². The van der Waals surface area contributed by atoms with E-state index >= 15 is 0 Å². The van der Waals surface area contributed by atoms with Crippen LogP contribution in [0.4, 0.5) is 0 Å². The molecule has 0 aromatic rings. The monoisotopic (exact) mass is 215 g/mol. The molecule has 1 aliphatic rings. The molecule has 0 aromatic carbocycles. The Bertz CT molecular complexity index is 238. The van der Waals surface area contributed by atoms with Gasteiger partial charge in [-0.1, -0.05) is 0 Å². The van der Waals surface area contributed by atoms with Crippen LogP contribution in [0, 0.1) is 5.92 Å². The third-order valence-corrected chi connectivity index (χ3v) is 2.32. The molecule has 1 unspecified atom stereocenters. The number of esters is 2. The van der Waals surface area contributed by atoms with Crippen molar-refractivity contribution in [2.75, 3.05) is 20.3 Å². The molecule has 1 N–H and O–H groups in total. The number of carbonyl (C=O) groups is 2. The van der Waals surface area contributed by atoms with Gasteiger partial charge in [0, 0.05) is 0 Å². The van der Waals surface area contributed by atoms with E-state index in [9.17, 15) is 9.59 Å². The first-order valence-corrected chi connectivity index (χ1v) is 5.15. The second kappa shape index (κ2) is 5.70. The molecule has 1 aliphatic carbocycles. The number of methoxy groups -OCH3 is 1. The normalized spacial score (nSPS) is 16.9. The van der Waals surface area contributed by atoms with Crippen molar-refractivity contribution in [2.45, 2.75) is 25.8 Å². The standard InChI is InChI=1S/C10H17NO4/c1-3-15-8(12)6-11-9(7-4-5-7)10(13)14-2/h7,9,11H,3-6H2,1-2H3. The second-order valence-electron chi connectivity index (χ2n) is 3.52. The van der Waals surface area contributed by atoms with Gasteiger partial charge < -0.3 is 9.47 Å². The lowest BCUT2D eigenvalue weighted by Crippen LogP contribution is -2.42. The van der Waals surface area contributed by atoms with Crippen LogP contribution in [0.25, 0.3) is 0 Å². The average molecular weight is 215 g/mol.